The van der Waals surface area contributed by atoms with Crippen LogP contribution in [0.25, 0.3) is 11.1 Å². The van der Waals surface area contributed by atoms with Crippen LogP contribution in [0.1, 0.15) is 17.5 Å². The van der Waals surface area contributed by atoms with Gasteiger partial charge in [-0.25, -0.2) is 0 Å². The molecule has 1 aliphatic rings. The Morgan fingerprint density at radius 1 is 1.20 bits per heavy atom. The molecule has 20 heavy (non-hydrogen) atoms. The number of nitrogens with one attached hydrogen (secondary N) is 1. The second-order valence-corrected chi connectivity index (χ2v) is 5.50. The first kappa shape index (κ1) is 13.5. The van der Waals surface area contributed by atoms with Crippen molar-refractivity contribution in [2.75, 3.05) is 13.7 Å². The summed E-state index contributed by atoms with van der Waals surface area (Å²) in [5, 5.41) is 3.92. The molecule has 1 heterocycles. The van der Waals surface area contributed by atoms with E-state index >= 15 is 0 Å². The smallest absolute Gasteiger partial charge is 0.130 e. The van der Waals surface area contributed by atoms with Gasteiger partial charge in [0.15, 0.2) is 0 Å². The fourth-order valence-corrected chi connectivity index (χ4v) is 3.00. The van der Waals surface area contributed by atoms with E-state index in [4.69, 9.17) is 16.3 Å². The van der Waals surface area contributed by atoms with E-state index in [0.29, 0.717) is 0 Å². The second kappa shape index (κ2) is 5.86. The lowest BCUT2D eigenvalue weighted by atomic mass is 9.97. The molecule has 3 rings (SSSR count). The normalized spacial score (nSPS) is 13.7. The zero-order valence-electron chi connectivity index (χ0n) is 11.6. The van der Waals surface area contributed by atoms with Crippen LogP contribution < -0.4 is 10.1 Å². The Kier molecular flexibility index (Phi) is 3.95. The van der Waals surface area contributed by atoms with Gasteiger partial charge >= 0.3 is 0 Å². The van der Waals surface area contributed by atoms with Crippen LogP contribution in [0.15, 0.2) is 36.4 Å². The minimum Gasteiger partial charge on any atom is -0.493 e. The summed E-state index contributed by atoms with van der Waals surface area (Å²) in [6.45, 7) is 1.61. The molecule has 0 fully saturated rings. The molecule has 0 aliphatic carbocycles. The fraction of sp³-hybridized carbons (Fsp3) is 0.294. The van der Waals surface area contributed by atoms with Crippen molar-refractivity contribution in [3.05, 3.63) is 52.5 Å². The molecule has 0 radical (unpaired) electrons. The van der Waals surface area contributed by atoms with Gasteiger partial charge in [0.05, 0.1) is 6.61 Å². The maximum absolute atomic E-state index is 6.46. The number of aryl methyl sites for hydroxylation is 1. The highest BCUT2D eigenvalue weighted by atomic mass is 35.5. The topological polar surface area (TPSA) is 21.3 Å². The minimum absolute atomic E-state index is 0.778. The van der Waals surface area contributed by atoms with E-state index in [2.05, 4.69) is 35.6 Å². The van der Waals surface area contributed by atoms with E-state index in [1.165, 1.54) is 11.1 Å². The van der Waals surface area contributed by atoms with Crippen LogP contribution in [0.5, 0.6) is 5.75 Å². The zero-order chi connectivity index (χ0) is 13.9. The Morgan fingerprint density at radius 2 is 2.10 bits per heavy atom. The molecule has 1 aliphatic heterocycles. The minimum atomic E-state index is 0.778. The molecule has 0 spiro atoms. The SMILES string of the molecule is CNCc1ccc(-c2cccc3c2OCCC3)c(Cl)c1. The largest absolute Gasteiger partial charge is 0.493 e. The van der Waals surface area contributed by atoms with Gasteiger partial charge in [-0.2, -0.15) is 0 Å². The summed E-state index contributed by atoms with van der Waals surface area (Å²) in [5.74, 6) is 1.00. The van der Waals surface area contributed by atoms with Crippen molar-refractivity contribution >= 4 is 11.6 Å². The Bertz CT molecular complexity index is 624. The Hall–Kier alpha value is -1.51. The van der Waals surface area contributed by atoms with Gasteiger partial charge in [0.25, 0.3) is 0 Å². The molecular weight excluding hydrogens is 270 g/mol. The summed E-state index contributed by atoms with van der Waals surface area (Å²) in [7, 11) is 1.93. The highest BCUT2D eigenvalue weighted by Gasteiger charge is 2.17. The average Bonchev–Trinajstić information content (AvgIpc) is 2.47. The molecule has 0 aromatic heterocycles. The third kappa shape index (κ3) is 2.54. The lowest BCUT2D eigenvalue weighted by Gasteiger charge is -2.21. The lowest BCUT2D eigenvalue weighted by Crippen LogP contribution is -2.09. The van der Waals surface area contributed by atoms with Crippen LogP contribution in [0.2, 0.25) is 5.02 Å². The van der Waals surface area contributed by atoms with Gasteiger partial charge in [0.1, 0.15) is 5.75 Å². The van der Waals surface area contributed by atoms with Gasteiger partial charge in [0, 0.05) is 22.7 Å². The number of benzene rings is 2. The molecule has 0 saturated heterocycles. The van der Waals surface area contributed by atoms with Crippen molar-refractivity contribution in [1.82, 2.24) is 5.32 Å². The summed E-state index contributed by atoms with van der Waals surface area (Å²) in [6.07, 6.45) is 2.17. The first-order chi connectivity index (χ1) is 9.79. The number of hydrogen-bond donors (Lipinski definition) is 1. The van der Waals surface area contributed by atoms with E-state index in [0.717, 1.165) is 47.9 Å². The van der Waals surface area contributed by atoms with E-state index in [1.807, 2.05) is 13.1 Å². The molecule has 2 aromatic carbocycles. The predicted molar refractivity (Wildman–Crippen MR) is 83.5 cm³/mol. The quantitative estimate of drug-likeness (QED) is 0.919. The van der Waals surface area contributed by atoms with Gasteiger partial charge in [0.2, 0.25) is 0 Å². The van der Waals surface area contributed by atoms with Crippen molar-refractivity contribution in [3.63, 3.8) is 0 Å². The molecule has 2 nitrogen and oxygen atoms in total. The summed E-state index contributed by atoms with van der Waals surface area (Å²) in [4.78, 5) is 0. The van der Waals surface area contributed by atoms with Crippen molar-refractivity contribution < 1.29 is 4.74 Å². The van der Waals surface area contributed by atoms with Gasteiger partial charge in [-0.05, 0) is 37.1 Å². The Balaban J connectivity index is 2.05. The maximum atomic E-state index is 6.46. The number of para-hydroxylation sites is 1. The summed E-state index contributed by atoms with van der Waals surface area (Å²) in [6, 6.07) is 12.5. The van der Waals surface area contributed by atoms with Crippen LogP contribution >= 0.6 is 11.6 Å². The van der Waals surface area contributed by atoms with Crippen LogP contribution in [-0.4, -0.2) is 13.7 Å². The molecule has 0 unspecified atom stereocenters. The first-order valence-electron chi connectivity index (χ1n) is 6.97. The van der Waals surface area contributed by atoms with Crippen LogP contribution in [0, 0.1) is 0 Å². The van der Waals surface area contributed by atoms with E-state index < -0.39 is 0 Å². The van der Waals surface area contributed by atoms with Crippen molar-refractivity contribution in [2.24, 2.45) is 0 Å². The standard InChI is InChI=1S/C17H18ClNO/c1-19-11-12-7-8-14(16(18)10-12)15-6-2-4-13-5-3-9-20-17(13)15/h2,4,6-8,10,19H,3,5,9,11H2,1H3. The van der Waals surface area contributed by atoms with E-state index in [-0.39, 0.29) is 0 Å². The number of rotatable bonds is 3. The Labute approximate surface area is 124 Å². The molecule has 0 bridgehead atoms. The summed E-state index contributed by atoms with van der Waals surface area (Å²) < 4.78 is 5.87. The van der Waals surface area contributed by atoms with Crippen LogP contribution in [0.4, 0.5) is 0 Å². The van der Waals surface area contributed by atoms with E-state index in [1.54, 1.807) is 0 Å². The molecule has 3 heteroatoms. The number of fused-ring (bicyclic) bond motifs is 1. The number of halogens is 1. The molecule has 2 aromatic rings. The summed E-state index contributed by atoms with van der Waals surface area (Å²) in [5.41, 5.74) is 4.62. The molecule has 104 valence electrons. The van der Waals surface area contributed by atoms with E-state index in [9.17, 15) is 0 Å². The maximum Gasteiger partial charge on any atom is 0.130 e. The van der Waals surface area contributed by atoms with Crippen molar-refractivity contribution in [1.29, 1.82) is 0 Å². The molecule has 0 saturated carbocycles. The molecule has 0 atom stereocenters. The number of hydrogen-bond acceptors (Lipinski definition) is 2. The van der Waals surface area contributed by atoms with Gasteiger partial charge in [-0.1, -0.05) is 41.9 Å². The van der Waals surface area contributed by atoms with Crippen LogP contribution in [0.3, 0.4) is 0 Å². The fourth-order valence-electron chi connectivity index (χ4n) is 2.69. The molecule has 0 amide bonds. The Morgan fingerprint density at radius 3 is 2.90 bits per heavy atom. The van der Waals surface area contributed by atoms with Gasteiger partial charge in [-0.15, -0.1) is 0 Å². The molecule has 1 N–H and O–H groups in total. The van der Waals surface area contributed by atoms with Gasteiger partial charge in [-0.3, -0.25) is 0 Å². The zero-order valence-corrected chi connectivity index (χ0v) is 12.3. The second-order valence-electron chi connectivity index (χ2n) is 5.09. The monoisotopic (exact) mass is 287 g/mol. The average molecular weight is 288 g/mol. The highest BCUT2D eigenvalue weighted by molar-refractivity contribution is 6.33. The highest BCUT2D eigenvalue weighted by Crippen LogP contribution is 2.39. The molecular formula is C17H18ClNO. The van der Waals surface area contributed by atoms with Crippen molar-refractivity contribution in [2.45, 2.75) is 19.4 Å². The van der Waals surface area contributed by atoms with Gasteiger partial charge < -0.3 is 10.1 Å². The predicted octanol–water partition coefficient (Wildman–Crippen LogP) is 4.05. The van der Waals surface area contributed by atoms with Crippen LogP contribution in [-0.2, 0) is 13.0 Å². The lowest BCUT2D eigenvalue weighted by molar-refractivity contribution is 0.289. The third-order valence-electron chi connectivity index (χ3n) is 3.64. The summed E-state index contributed by atoms with van der Waals surface area (Å²) >= 11 is 6.46. The number of ether oxygens (including phenoxy) is 1. The third-order valence-corrected chi connectivity index (χ3v) is 3.95. The van der Waals surface area contributed by atoms with Crippen molar-refractivity contribution in [3.8, 4) is 16.9 Å². The first-order valence-corrected chi connectivity index (χ1v) is 7.35.